The normalized spacial score (nSPS) is 11.6. The molecule has 1 aromatic carbocycles. The Labute approximate surface area is 137 Å². The van der Waals surface area contributed by atoms with Crippen molar-refractivity contribution in [1.29, 1.82) is 0 Å². The maximum Gasteiger partial charge on any atom is 0.307 e. The van der Waals surface area contributed by atoms with Crippen LogP contribution in [0.5, 0.6) is 5.75 Å². The van der Waals surface area contributed by atoms with Crippen molar-refractivity contribution in [3.63, 3.8) is 0 Å². The van der Waals surface area contributed by atoms with Crippen LogP contribution in [0.4, 0.5) is 5.69 Å². The first kappa shape index (κ1) is 16.7. The van der Waals surface area contributed by atoms with E-state index in [1.165, 1.54) is 6.20 Å². The molecule has 0 unspecified atom stereocenters. The Kier molecular flexibility index (Phi) is 5.13. The predicted octanol–water partition coefficient (Wildman–Crippen LogP) is 3.14. The maximum atomic E-state index is 12.2. The van der Waals surface area contributed by atoms with Crippen LogP contribution in [0.15, 0.2) is 36.5 Å². The third kappa shape index (κ3) is 3.95. The average Bonchev–Trinajstić information content (AvgIpc) is 2.54. The Morgan fingerprint density at radius 2 is 2.04 bits per heavy atom. The van der Waals surface area contributed by atoms with Crippen LogP contribution in [0.25, 0.3) is 0 Å². The highest BCUT2D eigenvalue weighted by atomic mass is 35.5. The number of nitrogens with one attached hydrogen (secondary N) is 1. The number of aromatic nitrogens is 1. The third-order valence-electron chi connectivity index (χ3n) is 3.24. The minimum atomic E-state index is -0.682. The van der Waals surface area contributed by atoms with E-state index >= 15 is 0 Å². The molecule has 0 aliphatic heterocycles. The maximum absolute atomic E-state index is 12.2. The molecule has 1 aromatic heterocycles. The Hall–Kier alpha value is -2.67. The number of carbonyl (C=O) groups is 1. The zero-order valence-corrected chi connectivity index (χ0v) is 13.2. The number of hydrogen-bond acceptors (Lipinski definition) is 5. The number of halogens is 1. The standard InChI is InChI=1S/C15H14ClN3O4/c1-9(10-3-5-12(23-2)6-4-10)18-15(20)11-7-13(19(21)22)14(16)17-8-11/h3-9H,1-2H3,(H,18,20)/t9-/m0/s1. The summed E-state index contributed by atoms with van der Waals surface area (Å²) in [6.45, 7) is 1.80. The number of nitrogens with zero attached hydrogens (tertiary/aromatic N) is 2. The van der Waals surface area contributed by atoms with Gasteiger partial charge in [0.05, 0.1) is 23.6 Å². The van der Waals surface area contributed by atoms with Crippen molar-refractivity contribution >= 4 is 23.2 Å². The predicted molar refractivity (Wildman–Crippen MR) is 84.8 cm³/mol. The molecule has 0 aliphatic rings. The number of benzene rings is 1. The van der Waals surface area contributed by atoms with E-state index in [4.69, 9.17) is 16.3 Å². The Morgan fingerprint density at radius 1 is 1.39 bits per heavy atom. The SMILES string of the molecule is COc1ccc([C@H](C)NC(=O)c2cnc(Cl)c([N+](=O)[O-])c2)cc1. The highest BCUT2D eigenvalue weighted by Gasteiger charge is 2.19. The molecule has 0 saturated carbocycles. The zero-order valence-electron chi connectivity index (χ0n) is 12.4. The Bertz CT molecular complexity index is 734. The molecule has 1 N–H and O–H groups in total. The number of methoxy groups -OCH3 is 1. The second-order valence-corrected chi connectivity index (χ2v) is 5.12. The van der Waals surface area contributed by atoms with Gasteiger partial charge in [-0.1, -0.05) is 23.7 Å². The lowest BCUT2D eigenvalue weighted by molar-refractivity contribution is -0.385. The molecule has 2 aromatic rings. The third-order valence-corrected chi connectivity index (χ3v) is 3.53. The van der Waals surface area contributed by atoms with E-state index in [0.29, 0.717) is 5.75 Å². The van der Waals surface area contributed by atoms with Gasteiger partial charge in [0.1, 0.15) is 5.75 Å². The summed E-state index contributed by atoms with van der Waals surface area (Å²) in [6, 6.07) is 8.03. The van der Waals surface area contributed by atoms with Gasteiger partial charge in [0.2, 0.25) is 5.15 Å². The summed E-state index contributed by atoms with van der Waals surface area (Å²) in [5.74, 6) is 0.241. The summed E-state index contributed by atoms with van der Waals surface area (Å²) in [7, 11) is 1.57. The van der Waals surface area contributed by atoms with Gasteiger partial charge in [0.25, 0.3) is 5.91 Å². The topological polar surface area (TPSA) is 94.4 Å². The van der Waals surface area contributed by atoms with Gasteiger partial charge in [-0.15, -0.1) is 0 Å². The van der Waals surface area contributed by atoms with Gasteiger partial charge < -0.3 is 10.1 Å². The molecule has 120 valence electrons. The summed E-state index contributed by atoms with van der Waals surface area (Å²) >= 11 is 5.63. The van der Waals surface area contributed by atoms with Crippen LogP contribution in [0.2, 0.25) is 5.15 Å². The molecule has 0 bridgehead atoms. The van der Waals surface area contributed by atoms with E-state index < -0.39 is 16.5 Å². The second-order valence-electron chi connectivity index (χ2n) is 4.76. The van der Waals surface area contributed by atoms with E-state index in [2.05, 4.69) is 10.3 Å². The highest BCUT2D eigenvalue weighted by molar-refractivity contribution is 6.31. The van der Waals surface area contributed by atoms with E-state index in [1.54, 1.807) is 26.2 Å². The van der Waals surface area contributed by atoms with Crippen molar-refractivity contribution in [3.8, 4) is 5.75 Å². The van der Waals surface area contributed by atoms with Crippen LogP contribution in [-0.4, -0.2) is 22.9 Å². The summed E-state index contributed by atoms with van der Waals surface area (Å²) in [4.78, 5) is 26.0. The smallest absolute Gasteiger partial charge is 0.307 e. The van der Waals surface area contributed by atoms with Crippen LogP contribution in [0.1, 0.15) is 28.9 Å². The number of ether oxygens (including phenoxy) is 1. The summed E-state index contributed by atoms with van der Waals surface area (Å²) in [6.07, 6.45) is 1.20. The van der Waals surface area contributed by atoms with Crippen LogP contribution < -0.4 is 10.1 Å². The van der Waals surface area contributed by atoms with Crippen LogP contribution >= 0.6 is 11.6 Å². The summed E-state index contributed by atoms with van der Waals surface area (Å²) in [5, 5.41) is 13.3. The minimum absolute atomic E-state index is 0.0708. The summed E-state index contributed by atoms with van der Waals surface area (Å²) < 4.78 is 5.07. The molecule has 0 radical (unpaired) electrons. The van der Waals surface area contributed by atoms with Crippen molar-refractivity contribution in [2.24, 2.45) is 0 Å². The first-order valence-electron chi connectivity index (χ1n) is 6.67. The van der Waals surface area contributed by atoms with Crippen LogP contribution in [-0.2, 0) is 0 Å². The van der Waals surface area contributed by atoms with E-state index in [1.807, 2.05) is 12.1 Å². The number of amides is 1. The van der Waals surface area contributed by atoms with Gasteiger partial charge in [0.15, 0.2) is 0 Å². The Morgan fingerprint density at radius 3 is 2.61 bits per heavy atom. The van der Waals surface area contributed by atoms with Gasteiger partial charge in [-0.05, 0) is 24.6 Å². The quantitative estimate of drug-likeness (QED) is 0.514. The second kappa shape index (κ2) is 7.06. The highest BCUT2D eigenvalue weighted by Crippen LogP contribution is 2.23. The van der Waals surface area contributed by atoms with Crippen molar-refractivity contribution in [2.45, 2.75) is 13.0 Å². The molecule has 23 heavy (non-hydrogen) atoms. The molecule has 0 saturated heterocycles. The molecular weight excluding hydrogens is 322 g/mol. The number of rotatable bonds is 5. The molecule has 1 amide bonds. The van der Waals surface area contributed by atoms with Crippen molar-refractivity contribution < 1.29 is 14.5 Å². The fourth-order valence-corrected chi connectivity index (χ4v) is 2.12. The fraction of sp³-hybridized carbons (Fsp3) is 0.200. The van der Waals surface area contributed by atoms with Crippen molar-refractivity contribution in [1.82, 2.24) is 10.3 Å². The fourth-order valence-electron chi connectivity index (χ4n) is 1.94. The van der Waals surface area contributed by atoms with Gasteiger partial charge in [0, 0.05) is 12.3 Å². The van der Waals surface area contributed by atoms with Crippen LogP contribution in [0.3, 0.4) is 0 Å². The molecule has 0 fully saturated rings. The first-order valence-corrected chi connectivity index (χ1v) is 7.05. The number of hydrogen-bond donors (Lipinski definition) is 1. The molecule has 1 atom stereocenters. The van der Waals surface area contributed by atoms with E-state index in [9.17, 15) is 14.9 Å². The minimum Gasteiger partial charge on any atom is -0.497 e. The van der Waals surface area contributed by atoms with E-state index in [0.717, 1.165) is 11.6 Å². The van der Waals surface area contributed by atoms with Crippen LogP contribution in [0, 0.1) is 10.1 Å². The number of nitro groups is 1. The molecule has 0 aliphatic carbocycles. The van der Waals surface area contributed by atoms with E-state index in [-0.39, 0.29) is 16.8 Å². The van der Waals surface area contributed by atoms with Gasteiger partial charge in [-0.25, -0.2) is 4.98 Å². The molecule has 1 heterocycles. The molecule has 0 spiro atoms. The number of carbonyl (C=O) groups excluding carboxylic acids is 1. The largest absolute Gasteiger partial charge is 0.497 e. The zero-order chi connectivity index (χ0) is 17.0. The first-order chi connectivity index (χ1) is 10.9. The lowest BCUT2D eigenvalue weighted by atomic mass is 10.1. The lowest BCUT2D eigenvalue weighted by Crippen LogP contribution is -2.26. The molecule has 8 heteroatoms. The van der Waals surface area contributed by atoms with Gasteiger partial charge in [-0.2, -0.15) is 0 Å². The number of pyridine rings is 1. The molecule has 7 nitrogen and oxygen atoms in total. The lowest BCUT2D eigenvalue weighted by Gasteiger charge is -2.14. The van der Waals surface area contributed by atoms with Gasteiger partial charge in [-0.3, -0.25) is 14.9 Å². The molecule has 2 rings (SSSR count). The molecular formula is C15H14ClN3O4. The Balaban J connectivity index is 2.14. The van der Waals surface area contributed by atoms with Gasteiger partial charge >= 0.3 is 5.69 Å². The summed E-state index contributed by atoms with van der Waals surface area (Å²) in [5.41, 5.74) is 0.536. The van der Waals surface area contributed by atoms with Crippen molar-refractivity contribution in [2.75, 3.05) is 7.11 Å². The average molecular weight is 336 g/mol. The monoisotopic (exact) mass is 335 g/mol. The van der Waals surface area contributed by atoms with Crippen molar-refractivity contribution in [3.05, 3.63) is 62.9 Å².